The number of hydrogen-bond donors (Lipinski definition) is 1. The topological polar surface area (TPSA) is 29.3 Å². The first kappa shape index (κ1) is 11.3. The van der Waals surface area contributed by atoms with Gasteiger partial charge in [-0.2, -0.15) is 0 Å². The van der Waals surface area contributed by atoms with Gasteiger partial charge in [0.05, 0.1) is 0 Å². The minimum Gasteiger partial charge on any atom is -0.399 e. The van der Waals surface area contributed by atoms with Gasteiger partial charge in [0.25, 0.3) is 0 Å². The zero-order valence-electron chi connectivity index (χ0n) is 10.4. The van der Waals surface area contributed by atoms with Gasteiger partial charge in [-0.15, -0.1) is 0 Å². The zero-order chi connectivity index (χ0) is 11.5. The molecule has 0 heterocycles. The van der Waals surface area contributed by atoms with Gasteiger partial charge in [0.1, 0.15) is 0 Å². The summed E-state index contributed by atoms with van der Waals surface area (Å²) in [5, 5.41) is 0. The van der Waals surface area contributed by atoms with Gasteiger partial charge in [-0.05, 0) is 49.9 Å². The summed E-state index contributed by atoms with van der Waals surface area (Å²) in [5.41, 5.74) is 9.36. The van der Waals surface area contributed by atoms with E-state index in [9.17, 15) is 0 Å². The summed E-state index contributed by atoms with van der Waals surface area (Å²) in [6, 6.07) is 7.06. The summed E-state index contributed by atoms with van der Waals surface area (Å²) in [6.45, 7) is 5.60. The number of unbranched alkanes of at least 4 members (excludes halogenated alkanes) is 1. The van der Waals surface area contributed by atoms with Crippen LogP contribution in [0.3, 0.4) is 0 Å². The Kier molecular flexibility index (Phi) is 3.37. The fourth-order valence-corrected chi connectivity index (χ4v) is 2.22. The number of nitrogens with two attached hydrogens (primary N) is 1. The molecule has 0 aliphatic heterocycles. The molecule has 1 aromatic carbocycles. The predicted octanol–water partition coefficient (Wildman–Crippen LogP) is 3.35. The quantitative estimate of drug-likeness (QED) is 0.768. The molecule has 2 nitrogen and oxygen atoms in total. The van der Waals surface area contributed by atoms with Crippen molar-refractivity contribution < 1.29 is 0 Å². The third-order valence-electron chi connectivity index (χ3n) is 3.27. The molecule has 1 saturated carbocycles. The molecule has 0 unspecified atom stereocenters. The highest BCUT2D eigenvalue weighted by atomic mass is 15.2. The molecule has 0 aromatic heterocycles. The van der Waals surface area contributed by atoms with E-state index in [0.717, 1.165) is 11.7 Å². The second kappa shape index (κ2) is 4.77. The summed E-state index contributed by atoms with van der Waals surface area (Å²) in [4.78, 5) is 2.57. The van der Waals surface area contributed by atoms with Crippen LogP contribution in [0.5, 0.6) is 0 Å². The molecule has 2 N–H and O–H groups in total. The van der Waals surface area contributed by atoms with Gasteiger partial charge in [-0.25, -0.2) is 0 Å². The van der Waals surface area contributed by atoms with Crippen LogP contribution in [-0.4, -0.2) is 12.6 Å². The number of nitrogen functional groups attached to an aromatic ring is 1. The maximum Gasteiger partial charge on any atom is 0.0399 e. The highest BCUT2D eigenvalue weighted by molar-refractivity contribution is 5.60. The number of hydrogen-bond acceptors (Lipinski definition) is 2. The molecule has 1 aliphatic rings. The highest BCUT2D eigenvalue weighted by Gasteiger charge is 2.29. The third kappa shape index (κ3) is 2.49. The Morgan fingerprint density at radius 3 is 2.69 bits per heavy atom. The van der Waals surface area contributed by atoms with Crippen LogP contribution in [0.15, 0.2) is 18.2 Å². The first-order chi connectivity index (χ1) is 7.72. The van der Waals surface area contributed by atoms with Crippen LogP contribution in [0.4, 0.5) is 11.4 Å². The average molecular weight is 218 g/mol. The lowest BCUT2D eigenvalue weighted by Gasteiger charge is -2.26. The average Bonchev–Trinajstić information content (AvgIpc) is 3.05. The van der Waals surface area contributed by atoms with Gasteiger partial charge in [0.15, 0.2) is 0 Å². The first-order valence-electron chi connectivity index (χ1n) is 6.35. The summed E-state index contributed by atoms with van der Waals surface area (Å²) < 4.78 is 0. The molecule has 1 aliphatic carbocycles. The monoisotopic (exact) mass is 218 g/mol. The fraction of sp³-hybridized carbons (Fsp3) is 0.571. The van der Waals surface area contributed by atoms with E-state index in [1.54, 1.807) is 0 Å². The molecule has 0 spiro atoms. The van der Waals surface area contributed by atoms with Crippen LogP contribution in [0, 0.1) is 6.92 Å². The molecule has 0 radical (unpaired) electrons. The van der Waals surface area contributed by atoms with Crippen LogP contribution in [0.25, 0.3) is 0 Å². The van der Waals surface area contributed by atoms with Crippen LogP contribution in [0.1, 0.15) is 38.2 Å². The van der Waals surface area contributed by atoms with Crippen molar-refractivity contribution in [3.8, 4) is 0 Å². The molecule has 1 aromatic rings. The molecule has 0 amide bonds. The Labute approximate surface area is 98.4 Å². The minimum absolute atomic E-state index is 0.786. The van der Waals surface area contributed by atoms with E-state index in [2.05, 4.69) is 30.9 Å². The fourth-order valence-electron chi connectivity index (χ4n) is 2.22. The van der Waals surface area contributed by atoms with Gasteiger partial charge < -0.3 is 10.6 Å². The van der Waals surface area contributed by atoms with Crippen molar-refractivity contribution in [2.24, 2.45) is 0 Å². The van der Waals surface area contributed by atoms with Crippen molar-refractivity contribution in [3.63, 3.8) is 0 Å². The Bertz CT molecular complexity index is 356. The second-order valence-corrected chi connectivity index (χ2v) is 4.82. The molecular formula is C14H22N2. The maximum absolute atomic E-state index is 5.80. The van der Waals surface area contributed by atoms with E-state index in [1.807, 2.05) is 6.07 Å². The lowest BCUT2D eigenvalue weighted by atomic mass is 10.1. The van der Waals surface area contributed by atoms with Crippen molar-refractivity contribution in [1.82, 2.24) is 0 Å². The van der Waals surface area contributed by atoms with Crippen molar-refractivity contribution in [1.29, 1.82) is 0 Å². The minimum atomic E-state index is 0.786. The van der Waals surface area contributed by atoms with Crippen LogP contribution >= 0.6 is 0 Å². The Morgan fingerprint density at radius 2 is 2.12 bits per heavy atom. The predicted molar refractivity (Wildman–Crippen MR) is 70.9 cm³/mol. The summed E-state index contributed by atoms with van der Waals surface area (Å²) in [5.74, 6) is 0. The van der Waals surface area contributed by atoms with Crippen LogP contribution in [-0.2, 0) is 0 Å². The smallest absolute Gasteiger partial charge is 0.0399 e. The molecule has 1 fully saturated rings. The van der Waals surface area contributed by atoms with Gasteiger partial charge in [0, 0.05) is 24.0 Å². The molecule has 0 atom stereocenters. The van der Waals surface area contributed by atoms with Crippen molar-refractivity contribution in [2.45, 2.75) is 45.6 Å². The van der Waals surface area contributed by atoms with E-state index in [0.29, 0.717) is 0 Å². The van der Waals surface area contributed by atoms with E-state index in [-0.39, 0.29) is 0 Å². The van der Waals surface area contributed by atoms with Gasteiger partial charge >= 0.3 is 0 Å². The molecular weight excluding hydrogens is 196 g/mol. The van der Waals surface area contributed by atoms with Gasteiger partial charge in [-0.3, -0.25) is 0 Å². The second-order valence-electron chi connectivity index (χ2n) is 4.82. The first-order valence-corrected chi connectivity index (χ1v) is 6.35. The lowest BCUT2D eigenvalue weighted by Crippen LogP contribution is -2.27. The van der Waals surface area contributed by atoms with Crippen molar-refractivity contribution in [2.75, 3.05) is 17.2 Å². The normalized spacial score (nSPS) is 15.1. The lowest BCUT2D eigenvalue weighted by molar-refractivity contribution is 0.711. The standard InChI is InChI=1S/C14H22N2/c1-3-4-9-16(13-6-7-13)14-8-5-12(15)10-11(14)2/h5,8,10,13H,3-4,6-7,9,15H2,1-2H3. The van der Waals surface area contributed by atoms with Crippen LogP contribution in [0.2, 0.25) is 0 Å². The molecule has 2 heteroatoms. The molecule has 0 saturated heterocycles. The largest absolute Gasteiger partial charge is 0.399 e. The van der Waals surface area contributed by atoms with E-state index in [4.69, 9.17) is 5.73 Å². The van der Waals surface area contributed by atoms with E-state index < -0.39 is 0 Å². The summed E-state index contributed by atoms with van der Waals surface area (Å²) >= 11 is 0. The number of anilines is 2. The van der Waals surface area contributed by atoms with Gasteiger partial charge in [0.2, 0.25) is 0 Å². The number of rotatable bonds is 5. The molecule has 88 valence electrons. The summed E-state index contributed by atoms with van der Waals surface area (Å²) in [6.07, 6.45) is 5.25. The molecule has 2 rings (SSSR count). The van der Waals surface area contributed by atoms with Gasteiger partial charge in [-0.1, -0.05) is 13.3 Å². The number of benzene rings is 1. The Balaban J connectivity index is 2.17. The Morgan fingerprint density at radius 1 is 1.38 bits per heavy atom. The third-order valence-corrected chi connectivity index (χ3v) is 3.27. The Hall–Kier alpha value is -1.18. The summed E-state index contributed by atoms with van der Waals surface area (Å²) in [7, 11) is 0. The zero-order valence-corrected chi connectivity index (χ0v) is 10.4. The molecule has 16 heavy (non-hydrogen) atoms. The maximum atomic E-state index is 5.80. The number of nitrogens with zero attached hydrogens (tertiary/aromatic N) is 1. The number of aryl methyl sites for hydroxylation is 1. The van der Waals surface area contributed by atoms with Crippen LogP contribution < -0.4 is 10.6 Å². The highest BCUT2D eigenvalue weighted by Crippen LogP contribution is 2.34. The SMILES string of the molecule is CCCCN(c1ccc(N)cc1C)C1CC1. The molecule has 0 bridgehead atoms. The van der Waals surface area contributed by atoms with E-state index in [1.165, 1.54) is 43.5 Å². The van der Waals surface area contributed by atoms with Crippen molar-refractivity contribution in [3.05, 3.63) is 23.8 Å². The van der Waals surface area contributed by atoms with Crippen molar-refractivity contribution >= 4 is 11.4 Å². The van der Waals surface area contributed by atoms with E-state index >= 15 is 0 Å².